The number of carbonyl (C=O) groups excluding carboxylic acids is 2. The van der Waals surface area contributed by atoms with E-state index in [-0.39, 0.29) is 18.4 Å². The van der Waals surface area contributed by atoms with Crippen molar-refractivity contribution < 1.29 is 14.3 Å². The van der Waals surface area contributed by atoms with Crippen LogP contribution in [0.4, 0.5) is 0 Å². The Hall–Kier alpha value is -3.60. The minimum Gasteiger partial charge on any atom is -0.484 e. The summed E-state index contributed by atoms with van der Waals surface area (Å²) in [6.45, 7) is 6.23. The largest absolute Gasteiger partial charge is 0.484 e. The maximum absolute atomic E-state index is 13.4. The lowest BCUT2D eigenvalue weighted by molar-refractivity contribution is -0.142. The third-order valence-electron chi connectivity index (χ3n) is 5.79. The minimum absolute atomic E-state index is 0.142. The van der Waals surface area contributed by atoms with Crippen molar-refractivity contribution in [2.75, 3.05) is 13.7 Å². The topological polar surface area (TPSA) is 58.6 Å². The summed E-state index contributed by atoms with van der Waals surface area (Å²) < 4.78 is 5.84. The standard InChI is InChI=1S/C28H32N2O3/c1-20-9-8-12-24(15-20)18-30(26(28(32)29-4)17-23-10-6-5-7-11-23)27(31)19-33-25-14-13-21(2)22(3)16-25/h5-16,26H,17-19H2,1-4H3,(H,29,32)/t26-/m0/s1. The molecule has 5 nitrogen and oxygen atoms in total. The lowest BCUT2D eigenvalue weighted by Crippen LogP contribution is -2.51. The SMILES string of the molecule is CNC(=O)[C@H](Cc1ccccc1)N(Cc1cccc(C)c1)C(=O)COc1ccc(C)c(C)c1. The van der Waals surface area contributed by atoms with Gasteiger partial charge in [0.1, 0.15) is 11.8 Å². The number of aryl methyl sites for hydroxylation is 3. The lowest BCUT2D eigenvalue weighted by Gasteiger charge is -2.31. The Morgan fingerprint density at radius 2 is 1.61 bits per heavy atom. The highest BCUT2D eigenvalue weighted by molar-refractivity contribution is 5.88. The summed E-state index contributed by atoms with van der Waals surface area (Å²) >= 11 is 0. The normalized spacial score (nSPS) is 11.5. The molecule has 5 heteroatoms. The van der Waals surface area contributed by atoms with Gasteiger partial charge in [-0.15, -0.1) is 0 Å². The van der Waals surface area contributed by atoms with E-state index < -0.39 is 6.04 Å². The van der Waals surface area contributed by atoms with Gasteiger partial charge in [0.15, 0.2) is 6.61 Å². The monoisotopic (exact) mass is 444 g/mol. The molecule has 1 atom stereocenters. The second kappa shape index (κ2) is 11.3. The molecule has 0 unspecified atom stereocenters. The fourth-order valence-corrected chi connectivity index (χ4v) is 3.76. The molecule has 0 spiro atoms. The van der Waals surface area contributed by atoms with Crippen molar-refractivity contribution in [3.05, 3.63) is 101 Å². The Kier molecular flexibility index (Phi) is 8.25. The Balaban J connectivity index is 1.87. The number of hydrogen-bond donors (Lipinski definition) is 1. The summed E-state index contributed by atoms with van der Waals surface area (Å²) in [5.41, 5.74) is 5.33. The van der Waals surface area contributed by atoms with Crippen molar-refractivity contribution in [2.45, 2.75) is 39.8 Å². The molecule has 0 radical (unpaired) electrons. The molecular weight excluding hydrogens is 412 g/mol. The molecule has 0 fully saturated rings. The van der Waals surface area contributed by atoms with Gasteiger partial charge < -0.3 is 15.0 Å². The van der Waals surface area contributed by atoms with Crippen LogP contribution in [0.1, 0.15) is 27.8 Å². The van der Waals surface area contributed by atoms with E-state index in [0.29, 0.717) is 18.7 Å². The van der Waals surface area contributed by atoms with Crippen molar-refractivity contribution in [3.63, 3.8) is 0 Å². The molecule has 0 aromatic heterocycles. The maximum Gasteiger partial charge on any atom is 0.261 e. The van der Waals surface area contributed by atoms with Gasteiger partial charge in [-0.05, 0) is 55.2 Å². The number of nitrogens with one attached hydrogen (secondary N) is 1. The summed E-state index contributed by atoms with van der Waals surface area (Å²) in [6.07, 6.45) is 0.418. The third kappa shape index (κ3) is 6.69. The molecule has 0 bridgehead atoms. The van der Waals surface area contributed by atoms with Gasteiger partial charge in [0.25, 0.3) is 5.91 Å². The van der Waals surface area contributed by atoms with E-state index in [1.54, 1.807) is 11.9 Å². The molecule has 1 N–H and O–H groups in total. The molecule has 33 heavy (non-hydrogen) atoms. The van der Waals surface area contributed by atoms with Crippen molar-refractivity contribution in [2.24, 2.45) is 0 Å². The maximum atomic E-state index is 13.4. The van der Waals surface area contributed by atoms with Gasteiger partial charge in [-0.3, -0.25) is 9.59 Å². The molecule has 3 aromatic rings. The van der Waals surface area contributed by atoms with Crippen LogP contribution >= 0.6 is 0 Å². The van der Waals surface area contributed by atoms with Gasteiger partial charge in [0.2, 0.25) is 5.91 Å². The van der Waals surface area contributed by atoms with E-state index in [2.05, 4.69) is 5.32 Å². The van der Waals surface area contributed by atoms with Gasteiger partial charge in [-0.1, -0.05) is 66.2 Å². The summed E-state index contributed by atoms with van der Waals surface area (Å²) in [7, 11) is 1.60. The highest BCUT2D eigenvalue weighted by Crippen LogP contribution is 2.19. The number of benzene rings is 3. The average molecular weight is 445 g/mol. The third-order valence-corrected chi connectivity index (χ3v) is 5.79. The molecule has 0 aliphatic carbocycles. The Morgan fingerprint density at radius 3 is 2.27 bits per heavy atom. The fourth-order valence-electron chi connectivity index (χ4n) is 3.76. The Labute approximate surface area is 196 Å². The zero-order chi connectivity index (χ0) is 23.8. The summed E-state index contributed by atoms with van der Waals surface area (Å²) in [6, 6.07) is 22.8. The smallest absolute Gasteiger partial charge is 0.261 e. The molecule has 0 aliphatic rings. The Bertz CT molecular complexity index is 1100. The number of nitrogens with zero attached hydrogens (tertiary/aromatic N) is 1. The molecule has 0 saturated heterocycles. The van der Waals surface area contributed by atoms with Gasteiger partial charge in [-0.25, -0.2) is 0 Å². The zero-order valence-electron chi connectivity index (χ0n) is 19.8. The number of ether oxygens (including phenoxy) is 1. The molecule has 0 aliphatic heterocycles. The molecule has 0 heterocycles. The first-order valence-electron chi connectivity index (χ1n) is 11.2. The summed E-state index contributed by atoms with van der Waals surface area (Å²) in [5.74, 6) is 0.201. The number of carbonyl (C=O) groups is 2. The molecule has 3 rings (SSSR count). The van der Waals surface area contributed by atoms with Gasteiger partial charge in [0, 0.05) is 20.0 Å². The zero-order valence-corrected chi connectivity index (χ0v) is 19.8. The number of amides is 2. The van der Waals surface area contributed by atoms with E-state index in [9.17, 15) is 9.59 Å². The van der Waals surface area contributed by atoms with Crippen LogP contribution in [0.2, 0.25) is 0 Å². The van der Waals surface area contributed by atoms with Crippen LogP contribution in [0.5, 0.6) is 5.75 Å². The van der Waals surface area contributed by atoms with Crippen LogP contribution in [0.25, 0.3) is 0 Å². The van der Waals surface area contributed by atoms with Crippen molar-refractivity contribution in [1.29, 1.82) is 0 Å². The molecule has 3 aromatic carbocycles. The number of rotatable bonds is 9. The van der Waals surface area contributed by atoms with Gasteiger partial charge in [0.05, 0.1) is 0 Å². The first-order valence-corrected chi connectivity index (χ1v) is 11.2. The first kappa shape index (κ1) is 24.1. The second-order valence-corrected chi connectivity index (χ2v) is 8.37. The first-order chi connectivity index (χ1) is 15.9. The van der Waals surface area contributed by atoms with Crippen molar-refractivity contribution in [1.82, 2.24) is 10.2 Å². The quantitative estimate of drug-likeness (QED) is 0.533. The van der Waals surface area contributed by atoms with E-state index in [1.165, 1.54) is 0 Å². The van der Waals surface area contributed by atoms with Crippen LogP contribution in [-0.2, 0) is 22.6 Å². The van der Waals surface area contributed by atoms with Crippen LogP contribution in [0, 0.1) is 20.8 Å². The highest BCUT2D eigenvalue weighted by atomic mass is 16.5. The molecular formula is C28H32N2O3. The van der Waals surface area contributed by atoms with Crippen LogP contribution in [0.15, 0.2) is 72.8 Å². The van der Waals surface area contributed by atoms with Crippen LogP contribution < -0.4 is 10.1 Å². The fraction of sp³-hybridized carbons (Fsp3) is 0.286. The van der Waals surface area contributed by atoms with Crippen molar-refractivity contribution in [3.8, 4) is 5.75 Å². The van der Waals surface area contributed by atoms with E-state index >= 15 is 0 Å². The minimum atomic E-state index is -0.659. The van der Waals surface area contributed by atoms with Crippen molar-refractivity contribution >= 4 is 11.8 Å². The predicted molar refractivity (Wildman–Crippen MR) is 131 cm³/mol. The van der Waals surface area contributed by atoms with E-state index in [0.717, 1.165) is 27.8 Å². The van der Waals surface area contributed by atoms with Crippen LogP contribution in [0.3, 0.4) is 0 Å². The number of likely N-dealkylation sites (N-methyl/N-ethyl adjacent to an activating group) is 1. The molecule has 172 valence electrons. The van der Waals surface area contributed by atoms with Gasteiger partial charge >= 0.3 is 0 Å². The van der Waals surface area contributed by atoms with E-state index in [4.69, 9.17) is 4.74 Å². The number of hydrogen-bond acceptors (Lipinski definition) is 3. The summed E-state index contributed by atoms with van der Waals surface area (Å²) in [5, 5.41) is 2.73. The summed E-state index contributed by atoms with van der Waals surface area (Å²) in [4.78, 5) is 28.0. The lowest BCUT2D eigenvalue weighted by atomic mass is 10.0. The highest BCUT2D eigenvalue weighted by Gasteiger charge is 2.30. The predicted octanol–water partition coefficient (Wildman–Crippen LogP) is 4.38. The molecule has 2 amide bonds. The Morgan fingerprint density at radius 1 is 0.879 bits per heavy atom. The molecule has 0 saturated carbocycles. The van der Waals surface area contributed by atoms with Gasteiger partial charge in [-0.2, -0.15) is 0 Å². The second-order valence-electron chi connectivity index (χ2n) is 8.37. The van der Waals surface area contributed by atoms with Crippen LogP contribution in [-0.4, -0.2) is 36.4 Å². The average Bonchev–Trinajstić information content (AvgIpc) is 2.82. The van der Waals surface area contributed by atoms with E-state index in [1.807, 2.05) is 93.6 Å².